The van der Waals surface area contributed by atoms with Gasteiger partial charge in [-0.2, -0.15) is 5.10 Å². The average Bonchev–Trinajstić information content (AvgIpc) is 3.25. The predicted octanol–water partition coefficient (Wildman–Crippen LogP) is 5.01. The van der Waals surface area contributed by atoms with E-state index in [1.807, 2.05) is 48.5 Å². The number of hydrazone groups is 1. The van der Waals surface area contributed by atoms with E-state index in [1.54, 1.807) is 19.2 Å². The summed E-state index contributed by atoms with van der Waals surface area (Å²) in [5, 5.41) is 5.51. The second-order valence-corrected chi connectivity index (χ2v) is 9.00. The maximum atomic E-state index is 12.6. The van der Waals surface area contributed by atoms with E-state index in [9.17, 15) is 4.79 Å². The van der Waals surface area contributed by atoms with E-state index in [4.69, 9.17) is 30.8 Å². The van der Waals surface area contributed by atoms with Crippen LogP contribution in [0, 0.1) is 0 Å². The van der Waals surface area contributed by atoms with Crippen LogP contribution in [0.2, 0.25) is 5.02 Å². The topological polar surface area (TPSA) is 87.0 Å². The van der Waals surface area contributed by atoms with Gasteiger partial charge in [-0.05, 0) is 29.8 Å². The number of halogens is 1. The fourth-order valence-corrected chi connectivity index (χ4v) is 4.51. The SMILES string of the molecule is COc1cc(OC)c(/C=N/NC(=O)CSc2nc3ccccc3n2Cc2ccc(Cl)cc2)c(OC)c1. The number of fused-ring (bicyclic) bond motifs is 1. The molecule has 186 valence electrons. The van der Waals surface area contributed by atoms with Gasteiger partial charge < -0.3 is 18.8 Å². The summed E-state index contributed by atoms with van der Waals surface area (Å²) in [4.78, 5) is 17.3. The van der Waals surface area contributed by atoms with Crippen LogP contribution in [0.25, 0.3) is 11.0 Å². The van der Waals surface area contributed by atoms with Crippen molar-refractivity contribution in [2.45, 2.75) is 11.7 Å². The molecule has 0 atom stereocenters. The lowest BCUT2D eigenvalue weighted by atomic mass is 10.2. The second-order valence-electron chi connectivity index (χ2n) is 7.62. The molecule has 1 aromatic heterocycles. The third kappa shape index (κ3) is 5.92. The molecule has 0 bridgehead atoms. The number of carbonyl (C=O) groups excluding carboxylic acids is 1. The van der Waals surface area contributed by atoms with E-state index in [0.29, 0.717) is 34.4 Å². The summed E-state index contributed by atoms with van der Waals surface area (Å²) in [5.74, 6) is 1.47. The van der Waals surface area contributed by atoms with Crippen molar-refractivity contribution in [2.24, 2.45) is 5.10 Å². The lowest BCUT2D eigenvalue weighted by molar-refractivity contribution is -0.118. The van der Waals surface area contributed by atoms with Crippen molar-refractivity contribution in [1.29, 1.82) is 0 Å². The van der Waals surface area contributed by atoms with Crippen molar-refractivity contribution in [3.63, 3.8) is 0 Å². The molecule has 3 aromatic carbocycles. The zero-order valence-electron chi connectivity index (χ0n) is 20.0. The summed E-state index contributed by atoms with van der Waals surface area (Å²) in [5.41, 5.74) is 6.08. The zero-order chi connectivity index (χ0) is 25.5. The van der Waals surface area contributed by atoms with Gasteiger partial charge in [0.15, 0.2) is 5.16 Å². The number of methoxy groups -OCH3 is 3. The minimum atomic E-state index is -0.271. The van der Waals surface area contributed by atoms with Crippen LogP contribution in [0.3, 0.4) is 0 Å². The van der Waals surface area contributed by atoms with Crippen molar-refractivity contribution < 1.29 is 19.0 Å². The van der Waals surface area contributed by atoms with Crippen molar-refractivity contribution in [1.82, 2.24) is 15.0 Å². The van der Waals surface area contributed by atoms with Crippen LogP contribution in [-0.4, -0.2) is 48.8 Å². The first-order valence-electron chi connectivity index (χ1n) is 11.0. The number of hydrogen-bond donors (Lipinski definition) is 1. The maximum Gasteiger partial charge on any atom is 0.250 e. The molecule has 0 aliphatic heterocycles. The van der Waals surface area contributed by atoms with E-state index in [0.717, 1.165) is 21.8 Å². The van der Waals surface area contributed by atoms with E-state index < -0.39 is 0 Å². The molecule has 0 saturated carbocycles. The summed E-state index contributed by atoms with van der Waals surface area (Å²) >= 11 is 7.38. The minimum Gasteiger partial charge on any atom is -0.496 e. The Morgan fingerprint density at radius 2 is 1.75 bits per heavy atom. The van der Waals surface area contributed by atoms with Crippen LogP contribution in [0.1, 0.15) is 11.1 Å². The van der Waals surface area contributed by atoms with Gasteiger partial charge in [0.1, 0.15) is 17.2 Å². The van der Waals surface area contributed by atoms with E-state index >= 15 is 0 Å². The third-order valence-corrected chi connectivity index (χ3v) is 6.57. The maximum absolute atomic E-state index is 12.6. The van der Waals surface area contributed by atoms with Crippen molar-refractivity contribution >= 4 is 46.5 Å². The Morgan fingerprint density at radius 3 is 2.42 bits per heavy atom. The highest BCUT2D eigenvalue weighted by atomic mass is 35.5. The van der Waals surface area contributed by atoms with Crippen LogP contribution < -0.4 is 19.6 Å². The van der Waals surface area contributed by atoms with Gasteiger partial charge in [-0.3, -0.25) is 4.79 Å². The van der Waals surface area contributed by atoms with Crippen molar-refractivity contribution in [2.75, 3.05) is 27.1 Å². The lowest BCUT2D eigenvalue weighted by Gasteiger charge is -2.12. The zero-order valence-corrected chi connectivity index (χ0v) is 21.6. The number of hydrogen-bond acceptors (Lipinski definition) is 7. The van der Waals surface area contributed by atoms with Crippen LogP contribution in [0.4, 0.5) is 0 Å². The monoisotopic (exact) mass is 524 g/mol. The largest absolute Gasteiger partial charge is 0.496 e. The number of nitrogens with one attached hydrogen (secondary N) is 1. The predicted molar refractivity (Wildman–Crippen MR) is 143 cm³/mol. The first-order chi connectivity index (χ1) is 17.5. The number of benzene rings is 3. The highest BCUT2D eigenvalue weighted by Gasteiger charge is 2.14. The second kappa shape index (κ2) is 11.8. The molecule has 1 amide bonds. The molecule has 1 N–H and O–H groups in total. The summed E-state index contributed by atoms with van der Waals surface area (Å²) < 4.78 is 18.2. The Morgan fingerprint density at radius 1 is 1.06 bits per heavy atom. The molecule has 1 heterocycles. The van der Waals surface area contributed by atoms with Crippen molar-refractivity contribution in [3.05, 3.63) is 76.8 Å². The molecule has 8 nitrogen and oxygen atoms in total. The Hall–Kier alpha value is -3.69. The fraction of sp³-hybridized carbons (Fsp3) is 0.192. The number of carbonyl (C=O) groups is 1. The Bertz CT molecular complexity index is 1360. The van der Waals surface area contributed by atoms with Gasteiger partial charge in [-0.1, -0.05) is 47.6 Å². The van der Waals surface area contributed by atoms with Gasteiger partial charge in [0.25, 0.3) is 5.91 Å². The number of ether oxygens (including phenoxy) is 3. The highest BCUT2D eigenvalue weighted by Crippen LogP contribution is 2.32. The molecule has 0 spiro atoms. The number of nitrogens with zero attached hydrogens (tertiary/aromatic N) is 3. The molecule has 0 fully saturated rings. The first kappa shape index (κ1) is 25.4. The summed E-state index contributed by atoms with van der Waals surface area (Å²) in [7, 11) is 4.64. The molecule has 10 heteroatoms. The average molecular weight is 525 g/mol. The van der Waals surface area contributed by atoms with E-state index in [1.165, 1.54) is 32.2 Å². The summed E-state index contributed by atoms with van der Waals surface area (Å²) in [6.45, 7) is 0.608. The minimum absolute atomic E-state index is 0.137. The van der Waals surface area contributed by atoms with E-state index in [-0.39, 0.29) is 11.7 Å². The number of rotatable bonds is 10. The number of para-hydroxylation sites is 2. The third-order valence-electron chi connectivity index (χ3n) is 5.34. The normalized spacial score (nSPS) is 11.1. The number of aromatic nitrogens is 2. The molecule has 4 aromatic rings. The van der Waals surface area contributed by atoms with Gasteiger partial charge in [0.2, 0.25) is 0 Å². The van der Waals surface area contributed by atoms with Gasteiger partial charge in [0, 0.05) is 17.2 Å². The standard InChI is InChI=1S/C26H25ClN4O4S/c1-33-19-12-23(34-2)20(24(13-19)35-3)14-28-30-25(32)16-36-26-29-21-6-4-5-7-22(21)31(26)15-17-8-10-18(27)11-9-17/h4-14H,15-16H2,1-3H3,(H,30,32)/b28-14+. The van der Waals surface area contributed by atoms with Crippen LogP contribution in [0.5, 0.6) is 17.2 Å². The fourth-order valence-electron chi connectivity index (χ4n) is 3.58. The molecular weight excluding hydrogens is 500 g/mol. The number of thioether (sulfide) groups is 1. The molecule has 4 rings (SSSR count). The molecular formula is C26H25ClN4O4S. The van der Waals surface area contributed by atoms with Gasteiger partial charge >= 0.3 is 0 Å². The molecule has 0 unspecified atom stereocenters. The number of amides is 1. The molecule has 0 radical (unpaired) electrons. The smallest absolute Gasteiger partial charge is 0.250 e. The van der Waals surface area contributed by atoms with Gasteiger partial charge in [-0.25, -0.2) is 10.4 Å². The molecule has 0 aliphatic carbocycles. The van der Waals surface area contributed by atoms with Crippen molar-refractivity contribution in [3.8, 4) is 17.2 Å². The van der Waals surface area contributed by atoms with Gasteiger partial charge in [-0.15, -0.1) is 0 Å². The van der Waals surface area contributed by atoms with Crippen LogP contribution in [-0.2, 0) is 11.3 Å². The molecule has 0 saturated heterocycles. The number of imidazole rings is 1. The van der Waals surface area contributed by atoms with Crippen LogP contribution in [0.15, 0.2) is 70.9 Å². The highest BCUT2D eigenvalue weighted by molar-refractivity contribution is 7.99. The quantitative estimate of drug-likeness (QED) is 0.178. The van der Waals surface area contributed by atoms with E-state index in [2.05, 4.69) is 15.1 Å². The molecule has 36 heavy (non-hydrogen) atoms. The lowest BCUT2D eigenvalue weighted by Crippen LogP contribution is -2.20. The van der Waals surface area contributed by atoms with Crippen LogP contribution >= 0.6 is 23.4 Å². The summed E-state index contributed by atoms with van der Waals surface area (Å²) in [6.07, 6.45) is 1.48. The Labute approximate surface area is 218 Å². The summed E-state index contributed by atoms with van der Waals surface area (Å²) in [6, 6.07) is 19.0. The van der Waals surface area contributed by atoms with Gasteiger partial charge in [0.05, 0.1) is 56.4 Å². The Kier molecular flexibility index (Phi) is 8.35. The Balaban J connectivity index is 1.46. The molecule has 0 aliphatic rings. The first-order valence-corrected chi connectivity index (χ1v) is 12.3.